The van der Waals surface area contributed by atoms with Gasteiger partial charge in [-0.3, -0.25) is 4.57 Å². The zero-order valence-corrected chi connectivity index (χ0v) is 11.2. The van der Waals surface area contributed by atoms with Crippen LogP contribution in [0.1, 0.15) is 11.8 Å². The van der Waals surface area contributed by atoms with Crippen LogP contribution in [0.25, 0.3) is 5.69 Å². The lowest BCUT2D eigenvalue weighted by Gasteiger charge is -2.25. The molecule has 1 unspecified atom stereocenters. The van der Waals surface area contributed by atoms with Crippen molar-refractivity contribution in [1.29, 1.82) is 0 Å². The Labute approximate surface area is 120 Å². The highest BCUT2D eigenvalue weighted by Gasteiger charge is 2.21. The molecule has 0 saturated carbocycles. The Bertz CT molecular complexity index is 597. The second-order valence-electron chi connectivity index (χ2n) is 4.60. The van der Waals surface area contributed by atoms with Crippen LogP contribution < -0.4 is 10.1 Å². The molecule has 7 heteroatoms. The molecule has 2 aromatic rings. The average Bonchev–Trinajstić information content (AvgIpc) is 2.97. The first-order chi connectivity index (χ1) is 10.3. The predicted molar refractivity (Wildman–Crippen MR) is 71.8 cm³/mol. The lowest BCUT2D eigenvalue weighted by molar-refractivity contribution is -0.0499. The number of para-hydroxylation sites is 2. The summed E-state index contributed by atoms with van der Waals surface area (Å²) in [6, 6.07) is 6.62. The van der Waals surface area contributed by atoms with Crippen LogP contribution in [0.2, 0.25) is 0 Å². The molecule has 1 saturated heterocycles. The SMILES string of the molecule is FC(F)Oc1ccccc1-n1cncc1C1CNCCO1. The van der Waals surface area contributed by atoms with Crippen LogP contribution in [-0.2, 0) is 4.74 Å². The van der Waals surface area contributed by atoms with Gasteiger partial charge in [-0.25, -0.2) is 4.98 Å². The summed E-state index contributed by atoms with van der Waals surface area (Å²) in [6.45, 7) is -0.810. The van der Waals surface area contributed by atoms with E-state index in [4.69, 9.17) is 4.74 Å². The molecule has 112 valence electrons. The van der Waals surface area contributed by atoms with E-state index in [0.29, 0.717) is 18.8 Å². The number of alkyl halides is 2. The smallest absolute Gasteiger partial charge is 0.387 e. The highest BCUT2D eigenvalue weighted by molar-refractivity contribution is 5.47. The van der Waals surface area contributed by atoms with E-state index in [9.17, 15) is 8.78 Å². The van der Waals surface area contributed by atoms with Crippen molar-refractivity contribution in [3.05, 3.63) is 42.5 Å². The molecule has 1 atom stereocenters. The molecule has 1 fully saturated rings. The molecule has 0 spiro atoms. The molecule has 1 aromatic heterocycles. The minimum Gasteiger partial charge on any atom is -0.433 e. The second-order valence-corrected chi connectivity index (χ2v) is 4.60. The summed E-state index contributed by atoms with van der Waals surface area (Å²) in [4.78, 5) is 4.11. The van der Waals surface area contributed by atoms with E-state index >= 15 is 0 Å². The van der Waals surface area contributed by atoms with Crippen LogP contribution in [0.4, 0.5) is 8.78 Å². The van der Waals surface area contributed by atoms with Crippen molar-refractivity contribution in [2.45, 2.75) is 12.7 Å². The van der Waals surface area contributed by atoms with Crippen molar-refractivity contribution in [1.82, 2.24) is 14.9 Å². The van der Waals surface area contributed by atoms with Crippen molar-refractivity contribution >= 4 is 0 Å². The number of hydrogen-bond donors (Lipinski definition) is 1. The molecule has 0 aliphatic carbocycles. The molecule has 1 aromatic carbocycles. The Kier molecular flexibility index (Phi) is 4.12. The number of halogens is 2. The first-order valence-corrected chi connectivity index (χ1v) is 6.64. The van der Waals surface area contributed by atoms with Gasteiger partial charge in [0.25, 0.3) is 0 Å². The van der Waals surface area contributed by atoms with E-state index in [0.717, 1.165) is 12.2 Å². The monoisotopic (exact) mass is 295 g/mol. The summed E-state index contributed by atoms with van der Waals surface area (Å²) in [5.74, 6) is 0.107. The Morgan fingerprint density at radius 2 is 2.24 bits per heavy atom. The van der Waals surface area contributed by atoms with E-state index in [2.05, 4.69) is 15.0 Å². The molecule has 0 amide bonds. The third-order valence-electron chi connectivity index (χ3n) is 3.27. The van der Waals surface area contributed by atoms with Gasteiger partial charge in [0.05, 0.1) is 30.5 Å². The van der Waals surface area contributed by atoms with Gasteiger partial charge >= 0.3 is 6.61 Å². The normalized spacial score (nSPS) is 18.9. The summed E-state index contributed by atoms with van der Waals surface area (Å²) in [5.41, 5.74) is 1.31. The summed E-state index contributed by atoms with van der Waals surface area (Å²) < 4.78 is 37.0. The molecule has 21 heavy (non-hydrogen) atoms. The number of nitrogens with one attached hydrogen (secondary N) is 1. The number of benzene rings is 1. The molecular formula is C14H15F2N3O2. The average molecular weight is 295 g/mol. The largest absolute Gasteiger partial charge is 0.433 e. The highest BCUT2D eigenvalue weighted by atomic mass is 19.3. The van der Waals surface area contributed by atoms with Gasteiger partial charge < -0.3 is 14.8 Å². The van der Waals surface area contributed by atoms with Crippen LogP contribution in [0.5, 0.6) is 5.75 Å². The maximum absolute atomic E-state index is 12.5. The Hall–Kier alpha value is -1.99. The first-order valence-electron chi connectivity index (χ1n) is 6.64. The quantitative estimate of drug-likeness (QED) is 0.939. The van der Waals surface area contributed by atoms with Gasteiger partial charge in [-0.2, -0.15) is 8.78 Å². The minimum atomic E-state index is -2.87. The zero-order chi connectivity index (χ0) is 14.7. The zero-order valence-electron chi connectivity index (χ0n) is 11.2. The fourth-order valence-corrected chi connectivity index (χ4v) is 2.35. The number of hydrogen-bond acceptors (Lipinski definition) is 4. The van der Waals surface area contributed by atoms with Crippen LogP contribution in [0.3, 0.4) is 0 Å². The molecule has 0 bridgehead atoms. The predicted octanol–water partition coefficient (Wildman–Crippen LogP) is 2.13. The standard InChI is InChI=1S/C14H15F2N3O2/c15-14(16)21-12-4-2-1-3-10(12)19-9-18-7-11(19)13-8-17-5-6-20-13/h1-4,7,9,13-14,17H,5-6,8H2. The number of imidazole rings is 1. The lowest BCUT2D eigenvalue weighted by atomic mass is 10.2. The van der Waals surface area contributed by atoms with Crippen molar-refractivity contribution in [3.63, 3.8) is 0 Å². The maximum Gasteiger partial charge on any atom is 0.387 e. The lowest BCUT2D eigenvalue weighted by Crippen LogP contribution is -2.34. The van der Waals surface area contributed by atoms with Crippen LogP contribution in [-0.4, -0.2) is 35.9 Å². The molecule has 1 aliphatic rings. The summed E-state index contributed by atoms with van der Waals surface area (Å²) in [7, 11) is 0. The third kappa shape index (κ3) is 3.03. The fourth-order valence-electron chi connectivity index (χ4n) is 2.35. The number of morpholine rings is 1. The summed E-state index contributed by atoms with van der Waals surface area (Å²) >= 11 is 0. The van der Waals surface area contributed by atoms with E-state index in [1.807, 2.05) is 0 Å². The Balaban J connectivity index is 1.96. The molecule has 1 N–H and O–H groups in total. The molecule has 1 aliphatic heterocycles. The van der Waals surface area contributed by atoms with Gasteiger partial charge in [-0.05, 0) is 12.1 Å². The number of rotatable bonds is 4. The van der Waals surface area contributed by atoms with E-state index < -0.39 is 6.61 Å². The molecule has 0 radical (unpaired) electrons. The van der Waals surface area contributed by atoms with Crippen molar-refractivity contribution < 1.29 is 18.3 Å². The van der Waals surface area contributed by atoms with E-state index in [1.165, 1.54) is 6.07 Å². The summed E-state index contributed by atoms with van der Waals surface area (Å²) in [5, 5.41) is 3.23. The van der Waals surface area contributed by atoms with E-state index in [1.54, 1.807) is 35.3 Å². The van der Waals surface area contributed by atoms with Crippen LogP contribution in [0, 0.1) is 0 Å². The Morgan fingerprint density at radius 3 is 3.00 bits per heavy atom. The number of aromatic nitrogens is 2. The van der Waals surface area contributed by atoms with Crippen molar-refractivity contribution in [2.24, 2.45) is 0 Å². The van der Waals surface area contributed by atoms with Gasteiger partial charge in [0, 0.05) is 13.1 Å². The van der Waals surface area contributed by atoms with Gasteiger partial charge in [-0.1, -0.05) is 12.1 Å². The number of ether oxygens (including phenoxy) is 2. The molecular weight excluding hydrogens is 280 g/mol. The maximum atomic E-state index is 12.5. The minimum absolute atomic E-state index is 0.107. The van der Waals surface area contributed by atoms with Gasteiger partial charge in [0.2, 0.25) is 0 Å². The van der Waals surface area contributed by atoms with Crippen LogP contribution >= 0.6 is 0 Å². The Morgan fingerprint density at radius 1 is 1.38 bits per heavy atom. The highest BCUT2D eigenvalue weighted by Crippen LogP contribution is 2.28. The number of nitrogens with zero attached hydrogens (tertiary/aromatic N) is 2. The van der Waals surface area contributed by atoms with Gasteiger partial charge in [0.15, 0.2) is 0 Å². The second kappa shape index (κ2) is 6.19. The topological polar surface area (TPSA) is 48.3 Å². The van der Waals surface area contributed by atoms with Crippen LogP contribution in [0.15, 0.2) is 36.8 Å². The molecule has 2 heterocycles. The van der Waals surface area contributed by atoms with Crippen molar-refractivity contribution in [2.75, 3.05) is 19.7 Å². The first kappa shape index (κ1) is 14.0. The fraction of sp³-hybridized carbons (Fsp3) is 0.357. The molecule has 5 nitrogen and oxygen atoms in total. The van der Waals surface area contributed by atoms with Crippen molar-refractivity contribution in [3.8, 4) is 11.4 Å². The van der Waals surface area contributed by atoms with E-state index in [-0.39, 0.29) is 11.9 Å². The summed E-state index contributed by atoms with van der Waals surface area (Å²) in [6.07, 6.45) is 3.08. The van der Waals surface area contributed by atoms with Gasteiger partial charge in [0.1, 0.15) is 11.9 Å². The van der Waals surface area contributed by atoms with Gasteiger partial charge in [-0.15, -0.1) is 0 Å². The molecule has 3 rings (SSSR count). The third-order valence-corrected chi connectivity index (χ3v) is 3.27.